The van der Waals surface area contributed by atoms with E-state index in [0.717, 1.165) is 0 Å². The van der Waals surface area contributed by atoms with Crippen molar-refractivity contribution in [2.45, 2.75) is 38.5 Å². The average Bonchev–Trinajstić information content (AvgIpc) is 2.87. The van der Waals surface area contributed by atoms with E-state index in [-0.39, 0.29) is 31.5 Å². The molecule has 0 bridgehead atoms. The van der Waals surface area contributed by atoms with E-state index in [9.17, 15) is 14.4 Å². The number of aliphatic carboxylic acids is 1. The van der Waals surface area contributed by atoms with Gasteiger partial charge >= 0.3 is 5.97 Å². The molecule has 1 saturated heterocycles. The number of carboxylic acid groups (broad SMARTS) is 1. The summed E-state index contributed by atoms with van der Waals surface area (Å²) < 4.78 is 5.10. The van der Waals surface area contributed by atoms with Crippen LogP contribution in [0.15, 0.2) is 0 Å². The van der Waals surface area contributed by atoms with Crippen LogP contribution in [0.3, 0.4) is 0 Å². The molecule has 1 aliphatic heterocycles. The molecule has 0 saturated carbocycles. The molecule has 21 heavy (non-hydrogen) atoms. The number of carbonyl (C=O) groups is 3. The number of hydrogen-bond acceptors (Lipinski definition) is 5. The third-order valence-corrected chi connectivity index (χ3v) is 3.64. The molecular formula is C13H23N3O5. The summed E-state index contributed by atoms with van der Waals surface area (Å²) in [7, 11) is 1.47. The number of methoxy groups -OCH3 is 1. The number of carbonyl (C=O) groups excluding carboxylic acids is 2. The molecule has 0 aromatic carbocycles. The Kier molecular flexibility index (Phi) is 6.10. The molecule has 120 valence electrons. The maximum Gasteiger partial charge on any atom is 0.326 e. The van der Waals surface area contributed by atoms with E-state index in [2.05, 4.69) is 5.32 Å². The Balaban J connectivity index is 2.58. The van der Waals surface area contributed by atoms with Gasteiger partial charge in [-0.2, -0.15) is 0 Å². The average molecular weight is 301 g/mol. The van der Waals surface area contributed by atoms with Crippen LogP contribution >= 0.6 is 0 Å². The summed E-state index contributed by atoms with van der Waals surface area (Å²) in [5.41, 5.74) is 5.67. The zero-order valence-corrected chi connectivity index (χ0v) is 12.5. The number of nitrogens with two attached hydrogens (primary N) is 1. The van der Waals surface area contributed by atoms with Gasteiger partial charge in [-0.25, -0.2) is 4.79 Å². The van der Waals surface area contributed by atoms with Gasteiger partial charge < -0.3 is 25.8 Å². The largest absolute Gasteiger partial charge is 0.480 e. The predicted octanol–water partition coefficient (Wildman–Crippen LogP) is -1.21. The summed E-state index contributed by atoms with van der Waals surface area (Å²) in [5, 5.41) is 11.6. The molecule has 0 aromatic rings. The Bertz CT molecular complexity index is 413. The van der Waals surface area contributed by atoms with Gasteiger partial charge in [-0.15, -0.1) is 0 Å². The fourth-order valence-electron chi connectivity index (χ4n) is 2.16. The first-order chi connectivity index (χ1) is 9.77. The molecule has 3 atom stereocenters. The molecule has 8 nitrogen and oxygen atoms in total. The highest BCUT2D eigenvalue weighted by Crippen LogP contribution is 2.20. The summed E-state index contributed by atoms with van der Waals surface area (Å²) in [5.74, 6) is -2.00. The maximum atomic E-state index is 12.1. The van der Waals surface area contributed by atoms with Crippen LogP contribution in [0.1, 0.15) is 20.3 Å². The van der Waals surface area contributed by atoms with Crippen LogP contribution in [0.4, 0.5) is 0 Å². The second kappa shape index (κ2) is 7.37. The minimum Gasteiger partial charge on any atom is -0.480 e. The molecule has 0 spiro atoms. The molecule has 1 rings (SSSR count). The standard InChI is InChI=1S/C13H23N3O5/c1-7(2)11(14)12(18)15-5-10(17)16-6-8(21-3)4-9(16)13(19)20/h7-9,11H,4-6,14H2,1-3H3,(H,15,18)(H,19,20)/t8?,9?,11-/m0/s1. The van der Waals surface area contributed by atoms with Crippen LogP contribution in [-0.4, -0.2) is 66.2 Å². The van der Waals surface area contributed by atoms with Crippen molar-refractivity contribution in [2.24, 2.45) is 11.7 Å². The number of amides is 2. The van der Waals surface area contributed by atoms with Crippen molar-refractivity contribution in [1.29, 1.82) is 0 Å². The second-order valence-electron chi connectivity index (χ2n) is 5.48. The van der Waals surface area contributed by atoms with Crippen LogP contribution in [-0.2, 0) is 19.1 Å². The van der Waals surface area contributed by atoms with Gasteiger partial charge in [0.2, 0.25) is 11.8 Å². The van der Waals surface area contributed by atoms with Crippen molar-refractivity contribution >= 4 is 17.8 Å². The fourth-order valence-corrected chi connectivity index (χ4v) is 2.16. The first kappa shape index (κ1) is 17.4. The Labute approximate surface area is 123 Å². The second-order valence-corrected chi connectivity index (χ2v) is 5.48. The third-order valence-electron chi connectivity index (χ3n) is 3.64. The van der Waals surface area contributed by atoms with Gasteiger partial charge in [0.1, 0.15) is 6.04 Å². The van der Waals surface area contributed by atoms with Crippen molar-refractivity contribution in [3.05, 3.63) is 0 Å². The van der Waals surface area contributed by atoms with Gasteiger partial charge in [0.05, 0.1) is 18.7 Å². The molecule has 1 aliphatic rings. The SMILES string of the molecule is COC1CC(C(=O)O)N(C(=O)CNC(=O)[C@@H](N)C(C)C)C1. The maximum absolute atomic E-state index is 12.1. The van der Waals surface area contributed by atoms with E-state index < -0.39 is 29.9 Å². The topological polar surface area (TPSA) is 122 Å². The number of nitrogens with zero attached hydrogens (tertiary/aromatic N) is 1. The lowest BCUT2D eigenvalue weighted by molar-refractivity contribution is -0.148. The molecular weight excluding hydrogens is 278 g/mol. The van der Waals surface area contributed by atoms with E-state index in [0.29, 0.717) is 0 Å². The molecule has 8 heteroatoms. The Morgan fingerprint density at radius 3 is 2.52 bits per heavy atom. The van der Waals surface area contributed by atoms with Gasteiger partial charge in [0, 0.05) is 20.1 Å². The number of nitrogens with one attached hydrogen (secondary N) is 1. The highest BCUT2D eigenvalue weighted by Gasteiger charge is 2.39. The van der Waals surface area contributed by atoms with Crippen LogP contribution in [0.2, 0.25) is 0 Å². The lowest BCUT2D eigenvalue weighted by atomic mass is 10.1. The van der Waals surface area contributed by atoms with Crippen molar-refractivity contribution in [2.75, 3.05) is 20.2 Å². The Morgan fingerprint density at radius 2 is 2.05 bits per heavy atom. The number of likely N-dealkylation sites (tertiary alicyclic amines) is 1. The highest BCUT2D eigenvalue weighted by molar-refractivity contribution is 5.90. The van der Waals surface area contributed by atoms with Crippen LogP contribution in [0.5, 0.6) is 0 Å². The van der Waals surface area contributed by atoms with Crippen molar-refractivity contribution < 1.29 is 24.2 Å². The minimum absolute atomic E-state index is 0.0449. The molecule has 0 aromatic heterocycles. The van der Waals surface area contributed by atoms with E-state index in [1.165, 1.54) is 12.0 Å². The van der Waals surface area contributed by atoms with Crippen LogP contribution < -0.4 is 11.1 Å². The first-order valence-electron chi connectivity index (χ1n) is 6.86. The van der Waals surface area contributed by atoms with Crippen molar-refractivity contribution in [3.63, 3.8) is 0 Å². The Morgan fingerprint density at radius 1 is 1.43 bits per heavy atom. The molecule has 1 heterocycles. The number of rotatable bonds is 6. The smallest absolute Gasteiger partial charge is 0.326 e. The quantitative estimate of drug-likeness (QED) is 0.565. The minimum atomic E-state index is -1.08. The molecule has 2 unspecified atom stereocenters. The normalized spacial score (nSPS) is 23.2. The van der Waals surface area contributed by atoms with E-state index in [4.69, 9.17) is 15.6 Å². The van der Waals surface area contributed by atoms with Gasteiger partial charge in [-0.3, -0.25) is 9.59 Å². The number of carboxylic acids is 1. The summed E-state index contributed by atoms with van der Waals surface area (Å²) in [6.45, 7) is 3.55. The number of hydrogen-bond donors (Lipinski definition) is 3. The van der Waals surface area contributed by atoms with E-state index >= 15 is 0 Å². The predicted molar refractivity (Wildman–Crippen MR) is 74.4 cm³/mol. The van der Waals surface area contributed by atoms with E-state index in [1.807, 2.05) is 0 Å². The Hall–Kier alpha value is -1.67. The molecule has 4 N–H and O–H groups in total. The first-order valence-corrected chi connectivity index (χ1v) is 6.86. The summed E-state index contributed by atoms with van der Waals surface area (Å²) >= 11 is 0. The fraction of sp³-hybridized carbons (Fsp3) is 0.769. The lowest BCUT2D eigenvalue weighted by Crippen LogP contribution is -2.49. The molecule has 1 fully saturated rings. The monoisotopic (exact) mass is 301 g/mol. The van der Waals surface area contributed by atoms with Crippen LogP contribution in [0.25, 0.3) is 0 Å². The van der Waals surface area contributed by atoms with Crippen molar-refractivity contribution in [1.82, 2.24) is 10.2 Å². The van der Waals surface area contributed by atoms with Gasteiger partial charge in [0.15, 0.2) is 0 Å². The van der Waals surface area contributed by atoms with E-state index in [1.54, 1.807) is 13.8 Å². The van der Waals surface area contributed by atoms with Crippen molar-refractivity contribution in [3.8, 4) is 0 Å². The lowest BCUT2D eigenvalue weighted by Gasteiger charge is -2.22. The summed E-state index contributed by atoms with van der Waals surface area (Å²) in [6.07, 6.45) is -0.0551. The zero-order valence-electron chi connectivity index (χ0n) is 12.5. The molecule has 0 radical (unpaired) electrons. The van der Waals surface area contributed by atoms with Gasteiger partial charge in [-0.1, -0.05) is 13.8 Å². The summed E-state index contributed by atoms with van der Waals surface area (Å²) in [4.78, 5) is 36.1. The zero-order chi connectivity index (χ0) is 16.2. The van der Waals surface area contributed by atoms with Crippen LogP contribution in [0, 0.1) is 5.92 Å². The molecule has 0 aliphatic carbocycles. The highest BCUT2D eigenvalue weighted by atomic mass is 16.5. The summed E-state index contributed by atoms with van der Waals surface area (Å²) in [6, 6.07) is -1.61. The number of ether oxygens (including phenoxy) is 1. The molecule has 2 amide bonds. The van der Waals surface area contributed by atoms with Gasteiger partial charge in [-0.05, 0) is 5.92 Å². The van der Waals surface area contributed by atoms with Gasteiger partial charge in [0.25, 0.3) is 0 Å². The third kappa shape index (κ3) is 4.40.